The van der Waals surface area contributed by atoms with Crippen molar-refractivity contribution in [2.45, 2.75) is 39.0 Å². The molecule has 0 aliphatic heterocycles. The molecule has 0 spiro atoms. The summed E-state index contributed by atoms with van der Waals surface area (Å²) in [5, 5.41) is 12.1. The largest absolute Gasteiger partial charge is 0.493 e. The molecule has 0 N–H and O–H groups in total. The van der Waals surface area contributed by atoms with Crippen molar-refractivity contribution in [3.8, 4) is 28.8 Å². The molecule has 0 amide bonds. The molecule has 0 saturated heterocycles. The number of thiazole rings is 1. The summed E-state index contributed by atoms with van der Waals surface area (Å²) < 4.78 is 10.6. The predicted octanol–water partition coefficient (Wildman–Crippen LogP) is 5.92. The number of nitrogens with zero attached hydrogens (tertiary/aromatic N) is 2. The number of hydrogen-bond donors (Lipinski definition) is 0. The van der Waals surface area contributed by atoms with E-state index in [1.165, 1.54) is 11.3 Å². The molecule has 3 aromatic rings. The lowest BCUT2D eigenvalue weighted by molar-refractivity contribution is 0.0978. The predicted molar refractivity (Wildman–Crippen MR) is 123 cm³/mol. The maximum absolute atomic E-state index is 13.2. The molecule has 31 heavy (non-hydrogen) atoms. The van der Waals surface area contributed by atoms with Crippen LogP contribution in [0.2, 0.25) is 0 Å². The molecular formula is C25H26N2O3S. The van der Waals surface area contributed by atoms with Crippen molar-refractivity contribution in [1.82, 2.24) is 4.98 Å². The minimum absolute atomic E-state index is 0.0930. The van der Waals surface area contributed by atoms with Gasteiger partial charge in [-0.2, -0.15) is 5.26 Å². The third-order valence-electron chi connectivity index (χ3n) is 5.17. The summed E-state index contributed by atoms with van der Waals surface area (Å²) in [5.74, 6) is 0.0354. The molecule has 0 saturated carbocycles. The minimum atomic E-state index is -0.950. The normalized spacial score (nSPS) is 12.2. The maximum Gasteiger partial charge on any atom is 0.186 e. The van der Waals surface area contributed by atoms with Crippen LogP contribution < -0.4 is 9.47 Å². The number of ketones is 1. The number of aryl methyl sites for hydroxylation is 1. The molecule has 1 heterocycles. The van der Waals surface area contributed by atoms with E-state index in [0.717, 1.165) is 16.7 Å². The standard InChI is InChI=1S/C25H26N2O3S/c1-15-7-8-17(11-19(15)25(2,3)4)23(28)18(13-26)24-27-20(14-31-24)16-9-10-21(29-5)22(12-16)30-6/h7-12,14,18H,1-6H3. The number of nitriles is 1. The van der Waals surface area contributed by atoms with E-state index in [4.69, 9.17) is 9.47 Å². The fourth-order valence-corrected chi connectivity index (χ4v) is 4.39. The highest BCUT2D eigenvalue weighted by molar-refractivity contribution is 7.10. The molecule has 5 nitrogen and oxygen atoms in total. The molecule has 1 atom stereocenters. The third kappa shape index (κ3) is 4.62. The Morgan fingerprint density at radius 1 is 1.10 bits per heavy atom. The molecule has 0 radical (unpaired) electrons. The van der Waals surface area contributed by atoms with E-state index in [2.05, 4.69) is 31.8 Å². The average molecular weight is 435 g/mol. The molecule has 0 aliphatic rings. The van der Waals surface area contributed by atoms with E-state index >= 15 is 0 Å². The van der Waals surface area contributed by atoms with Gasteiger partial charge in [-0.1, -0.05) is 32.9 Å². The molecule has 1 aromatic heterocycles. The first-order chi connectivity index (χ1) is 14.7. The van der Waals surface area contributed by atoms with Gasteiger partial charge in [0.15, 0.2) is 23.2 Å². The van der Waals surface area contributed by atoms with Crippen molar-refractivity contribution in [2.75, 3.05) is 14.2 Å². The van der Waals surface area contributed by atoms with Gasteiger partial charge in [0.1, 0.15) is 5.01 Å². The summed E-state index contributed by atoms with van der Waals surface area (Å²) >= 11 is 1.31. The van der Waals surface area contributed by atoms with Crippen molar-refractivity contribution in [3.63, 3.8) is 0 Å². The van der Waals surface area contributed by atoms with E-state index < -0.39 is 5.92 Å². The number of rotatable bonds is 6. The quantitative estimate of drug-likeness (QED) is 0.450. The smallest absolute Gasteiger partial charge is 0.186 e. The second kappa shape index (κ2) is 8.91. The molecule has 2 aromatic carbocycles. The number of hydrogen-bond acceptors (Lipinski definition) is 6. The van der Waals surface area contributed by atoms with Gasteiger partial charge in [-0.05, 0) is 47.7 Å². The zero-order valence-corrected chi connectivity index (χ0v) is 19.5. The first-order valence-electron chi connectivity index (χ1n) is 9.92. The molecular weight excluding hydrogens is 408 g/mol. The lowest BCUT2D eigenvalue weighted by atomic mass is 9.82. The van der Waals surface area contributed by atoms with E-state index in [1.807, 2.05) is 36.6 Å². The van der Waals surface area contributed by atoms with Crippen molar-refractivity contribution >= 4 is 17.1 Å². The van der Waals surface area contributed by atoms with Gasteiger partial charge < -0.3 is 9.47 Å². The number of carbonyl (C=O) groups excluding carboxylic acids is 1. The lowest BCUT2D eigenvalue weighted by Crippen LogP contribution is -2.16. The van der Waals surface area contributed by atoms with E-state index in [0.29, 0.717) is 27.8 Å². The second-order valence-electron chi connectivity index (χ2n) is 8.35. The Labute approximate surface area is 187 Å². The Bertz CT molecular complexity index is 1150. The maximum atomic E-state index is 13.2. The van der Waals surface area contributed by atoms with Crippen molar-refractivity contribution in [3.05, 3.63) is 63.5 Å². The number of ether oxygens (including phenoxy) is 2. The highest BCUT2D eigenvalue weighted by Crippen LogP contribution is 2.35. The van der Waals surface area contributed by atoms with E-state index in [1.54, 1.807) is 26.4 Å². The summed E-state index contributed by atoms with van der Waals surface area (Å²) in [6.45, 7) is 8.37. The van der Waals surface area contributed by atoms with Crippen LogP contribution in [0.25, 0.3) is 11.3 Å². The Morgan fingerprint density at radius 2 is 1.81 bits per heavy atom. The summed E-state index contributed by atoms with van der Waals surface area (Å²) in [6.07, 6.45) is 0. The van der Waals surface area contributed by atoms with Crippen molar-refractivity contribution in [1.29, 1.82) is 5.26 Å². The zero-order chi connectivity index (χ0) is 22.8. The minimum Gasteiger partial charge on any atom is -0.493 e. The van der Waals surface area contributed by atoms with Crippen LogP contribution in [0.1, 0.15) is 53.2 Å². The number of methoxy groups -OCH3 is 2. The Kier molecular flexibility index (Phi) is 6.47. The first kappa shape index (κ1) is 22.5. The van der Waals surface area contributed by atoms with Crippen LogP contribution in [0.3, 0.4) is 0 Å². The van der Waals surface area contributed by atoms with Gasteiger partial charge in [0.2, 0.25) is 0 Å². The number of Topliss-reactive ketones (excluding diaryl/α,β-unsaturated/α-hetero) is 1. The van der Waals surface area contributed by atoms with Gasteiger partial charge in [0.25, 0.3) is 0 Å². The van der Waals surface area contributed by atoms with Gasteiger partial charge in [-0.15, -0.1) is 11.3 Å². The van der Waals surface area contributed by atoms with Crippen LogP contribution in [0.4, 0.5) is 0 Å². The Morgan fingerprint density at radius 3 is 2.42 bits per heavy atom. The van der Waals surface area contributed by atoms with Gasteiger partial charge >= 0.3 is 0 Å². The van der Waals surface area contributed by atoms with Gasteiger partial charge in [0, 0.05) is 16.5 Å². The summed E-state index contributed by atoms with van der Waals surface area (Å²) in [4.78, 5) is 17.8. The fourth-order valence-electron chi connectivity index (χ4n) is 3.52. The third-order valence-corrected chi connectivity index (χ3v) is 6.08. The van der Waals surface area contributed by atoms with E-state index in [9.17, 15) is 10.1 Å². The van der Waals surface area contributed by atoms with Gasteiger partial charge in [-0.25, -0.2) is 4.98 Å². The fraction of sp³-hybridized carbons (Fsp3) is 0.320. The van der Waals surface area contributed by atoms with Crippen LogP contribution in [0.15, 0.2) is 41.8 Å². The summed E-state index contributed by atoms with van der Waals surface area (Å²) in [7, 11) is 3.16. The van der Waals surface area contributed by atoms with Crippen LogP contribution in [0, 0.1) is 18.3 Å². The number of benzene rings is 2. The Balaban J connectivity index is 1.94. The van der Waals surface area contributed by atoms with Gasteiger partial charge in [-0.3, -0.25) is 4.79 Å². The monoisotopic (exact) mass is 434 g/mol. The lowest BCUT2D eigenvalue weighted by Gasteiger charge is -2.22. The first-order valence-corrected chi connectivity index (χ1v) is 10.8. The SMILES string of the molecule is COc1ccc(-c2csc(C(C#N)C(=O)c3ccc(C)c(C(C)(C)C)c3)n2)cc1OC. The summed E-state index contributed by atoms with van der Waals surface area (Å²) in [5.41, 5.74) is 4.18. The highest BCUT2D eigenvalue weighted by Gasteiger charge is 2.27. The van der Waals surface area contributed by atoms with E-state index in [-0.39, 0.29) is 11.2 Å². The molecule has 0 bridgehead atoms. The number of carbonyl (C=O) groups is 1. The topological polar surface area (TPSA) is 72.2 Å². The highest BCUT2D eigenvalue weighted by atomic mass is 32.1. The summed E-state index contributed by atoms with van der Waals surface area (Å²) in [6, 6.07) is 13.3. The molecule has 3 rings (SSSR count). The molecule has 1 unspecified atom stereocenters. The van der Waals surface area contributed by atoms with Crippen LogP contribution >= 0.6 is 11.3 Å². The van der Waals surface area contributed by atoms with Crippen molar-refractivity contribution in [2.24, 2.45) is 0 Å². The van der Waals surface area contributed by atoms with Gasteiger partial charge in [0.05, 0.1) is 26.0 Å². The average Bonchev–Trinajstić information content (AvgIpc) is 3.23. The van der Waals surface area contributed by atoms with Crippen LogP contribution in [-0.4, -0.2) is 25.0 Å². The second-order valence-corrected chi connectivity index (χ2v) is 9.24. The molecule has 0 aliphatic carbocycles. The van der Waals surface area contributed by atoms with Crippen molar-refractivity contribution < 1.29 is 14.3 Å². The number of aromatic nitrogens is 1. The zero-order valence-electron chi connectivity index (χ0n) is 18.6. The molecule has 0 fully saturated rings. The molecule has 160 valence electrons. The molecule has 6 heteroatoms. The Hall–Kier alpha value is -3.17. The van der Waals surface area contributed by atoms with Crippen LogP contribution in [0.5, 0.6) is 11.5 Å². The van der Waals surface area contributed by atoms with Crippen LogP contribution in [-0.2, 0) is 5.41 Å².